The number of benzene rings is 3. The van der Waals surface area contributed by atoms with Crippen LogP contribution in [0.25, 0.3) is 0 Å². The summed E-state index contributed by atoms with van der Waals surface area (Å²) < 4.78 is 38.9. The minimum Gasteiger partial charge on any atom is -0.456 e. The average molecular weight is 704 g/mol. The molecule has 2 aliphatic heterocycles. The maximum atomic E-state index is 14.4. The molecule has 2 aliphatic rings. The largest absolute Gasteiger partial charge is 0.646 e. The van der Waals surface area contributed by atoms with Crippen LogP contribution < -0.4 is 14.4 Å². The van der Waals surface area contributed by atoms with Gasteiger partial charge in [0.2, 0.25) is 11.8 Å². The van der Waals surface area contributed by atoms with Gasteiger partial charge in [0, 0.05) is 24.1 Å². The lowest BCUT2D eigenvalue weighted by Crippen LogP contribution is -2.66. The molecule has 50 heavy (non-hydrogen) atoms. The Morgan fingerprint density at radius 1 is 0.980 bits per heavy atom. The minimum atomic E-state index is -4.62. The van der Waals surface area contributed by atoms with E-state index in [1.54, 1.807) is 74.5 Å². The number of phosphoric acid groups is 1. The fourth-order valence-corrected chi connectivity index (χ4v) is 7.13. The number of hydrogen-bond acceptors (Lipinski definition) is 13. The summed E-state index contributed by atoms with van der Waals surface area (Å²) in [5.41, 5.74) is -0.0202. The van der Waals surface area contributed by atoms with Gasteiger partial charge in [-0.1, -0.05) is 43.3 Å². The summed E-state index contributed by atoms with van der Waals surface area (Å²) in [4.78, 5) is 52.0. The summed E-state index contributed by atoms with van der Waals surface area (Å²) in [6.45, 7) is 2.83. The number of amides is 2. The van der Waals surface area contributed by atoms with Gasteiger partial charge in [-0.2, -0.15) is 4.57 Å². The van der Waals surface area contributed by atoms with Crippen LogP contribution in [0.3, 0.4) is 0 Å². The summed E-state index contributed by atoms with van der Waals surface area (Å²) in [6, 6.07) is 20.2. The quantitative estimate of drug-likeness (QED) is 0.0653. The van der Waals surface area contributed by atoms with Crippen LogP contribution in [-0.2, 0) is 41.4 Å². The number of β-lactam (4-membered cyclic amide) rings is 1. The number of hydrogen-bond donors (Lipinski definition) is 1. The van der Waals surface area contributed by atoms with E-state index in [2.05, 4.69) is 20.8 Å². The first-order valence-corrected chi connectivity index (χ1v) is 16.8. The highest BCUT2D eigenvalue weighted by molar-refractivity contribution is 7.49. The van der Waals surface area contributed by atoms with Crippen molar-refractivity contribution in [2.75, 3.05) is 0 Å². The smallest absolute Gasteiger partial charge is 0.456 e. The molecule has 0 aliphatic carbocycles. The lowest BCUT2D eigenvalue weighted by molar-refractivity contribution is -0.384. The van der Waals surface area contributed by atoms with Gasteiger partial charge in [-0.15, -0.1) is 5.10 Å². The number of esters is 1. The van der Waals surface area contributed by atoms with Crippen molar-refractivity contribution < 1.29 is 42.2 Å². The molecule has 1 fully saturated rings. The molecule has 18 heteroatoms. The van der Waals surface area contributed by atoms with Crippen LogP contribution in [-0.4, -0.2) is 59.9 Å². The minimum absolute atomic E-state index is 0.144. The Morgan fingerprint density at radius 2 is 1.60 bits per heavy atom. The molecule has 3 heterocycles. The van der Waals surface area contributed by atoms with Crippen molar-refractivity contribution in [2.45, 2.75) is 39.1 Å². The first kappa shape index (κ1) is 33.8. The molecule has 2 amide bonds. The third-order valence-electron chi connectivity index (χ3n) is 8.05. The number of phosphoric ester groups is 1. The number of nitro groups is 1. The van der Waals surface area contributed by atoms with Gasteiger partial charge >= 0.3 is 13.8 Å². The zero-order chi connectivity index (χ0) is 35.4. The Morgan fingerprint density at radius 3 is 2.16 bits per heavy atom. The molecule has 1 saturated heterocycles. The molecule has 0 bridgehead atoms. The zero-order valence-electron chi connectivity index (χ0n) is 26.6. The van der Waals surface area contributed by atoms with Crippen molar-refractivity contribution in [1.29, 1.82) is 0 Å². The van der Waals surface area contributed by atoms with Gasteiger partial charge in [0.25, 0.3) is 5.69 Å². The Labute approximate surface area is 284 Å². The molecule has 1 N–H and O–H groups in total. The number of carbonyl (C=O) groups excluding carboxylic acids is 3. The molecule has 0 radical (unpaired) electrons. The van der Waals surface area contributed by atoms with E-state index in [1.165, 1.54) is 40.2 Å². The van der Waals surface area contributed by atoms with Gasteiger partial charge in [-0.3, -0.25) is 24.6 Å². The summed E-state index contributed by atoms with van der Waals surface area (Å²) in [5.74, 6) is -3.40. The third kappa shape index (κ3) is 7.17. The van der Waals surface area contributed by atoms with Crippen molar-refractivity contribution in [3.63, 3.8) is 0 Å². The second-order valence-electron chi connectivity index (χ2n) is 11.4. The van der Waals surface area contributed by atoms with E-state index in [0.29, 0.717) is 5.56 Å². The van der Waals surface area contributed by atoms with Crippen molar-refractivity contribution in [2.24, 2.45) is 11.8 Å². The molecular weight excluding hydrogens is 673 g/mol. The Kier molecular flexibility index (Phi) is 9.58. The lowest BCUT2D eigenvalue weighted by Gasteiger charge is -2.47. The van der Waals surface area contributed by atoms with E-state index in [-0.39, 0.29) is 41.8 Å². The Balaban J connectivity index is 1.30. The van der Waals surface area contributed by atoms with E-state index in [0.717, 1.165) is 0 Å². The second kappa shape index (κ2) is 14.2. The van der Waals surface area contributed by atoms with Crippen LogP contribution in [0, 0.1) is 22.0 Å². The van der Waals surface area contributed by atoms with Crippen LogP contribution in [0.4, 0.5) is 5.69 Å². The number of tetrazole rings is 1. The fourth-order valence-electron chi connectivity index (χ4n) is 5.77. The number of aromatic nitrogens is 4. The molecule has 0 saturated carbocycles. The summed E-state index contributed by atoms with van der Waals surface area (Å²) >= 11 is 0. The Hall–Kier alpha value is -6.09. The standard InChI is InChI=1S/C32H30N7O10P/c1-20-28-27(21(2)34-26(40)17-37-19-33-35-36-37)31(41)38(28)29(32(42)46-18-22-13-15-23(16-14-22)39(43)44)30(20)49-50(45,47-24-9-5-3-6-10-24)48-25-11-7-4-8-12-25/h3-16,19-21,27-28H,17-18H2,1-2H3,(H,34,40)/t20?,21-,27?,28?/m1/s1. The zero-order valence-corrected chi connectivity index (χ0v) is 27.5. The fraction of sp³-hybridized carbons (Fsp3) is 0.250. The highest BCUT2D eigenvalue weighted by Crippen LogP contribution is 2.57. The van der Waals surface area contributed by atoms with E-state index in [9.17, 15) is 29.1 Å². The monoisotopic (exact) mass is 703 g/mol. The van der Waals surface area contributed by atoms with Crippen LogP contribution in [0.5, 0.6) is 11.5 Å². The number of nitro benzene ring substituents is 1. The highest BCUT2D eigenvalue weighted by atomic mass is 31.2. The molecular formula is C32H30N7O10P. The lowest BCUT2D eigenvalue weighted by atomic mass is 9.77. The number of nitrogens with zero attached hydrogens (tertiary/aromatic N) is 6. The van der Waals surface area contributed by atoms with Crippen molar-refractivity contribution >= 4 is 31.3 Å². The number of fused-ring (bicyclic) bond motifs is 1. The van der Waals surface area contributed by atoms with Crippen molar-refractivity contribution in [3.8, 4) is 11.5 Å². The van der Waals surface area contributed by atoms with Crippen LogP contribution in [0.15, 0.2) is 103 Å². The molecule has 4 aromatic rings. The summed E-state index contributed by atoms with van der Waals surface area (Å²) in [7, 11) is -4.62. The number of para-hydroxylation sites is 2. The maximum absolute atomic E-state index is 14.4. The van der Waals surface area contributed by atoms with E-state index in [4.69, 9.17) is 18.3 Å². The van der Waals surface area contributed by atoms with Crippen molar-refractivity contribution in [3.05, 3.63) is 118 Å². The van der Waals surface area contributed by atoms with Gasteiger partial charge in [0.15, 0.2) is 5.70 Å². The predicted molar refractivity (Wildman–Crippen MR) is 171 cm³/mol. The molecule has 1 aromatic heterocycles. The van der Waals surface area contributed by atoms with Crippen LogP contribution in [0.2, 0.25) is 0 Å². The molecule has 17 nitrogen and oxygen atoms in total. The first-order valence-electron chi connectivity index (χ1n) is 15.3. The molecule has 3 aromatic carbocycles. The highest BCUT2D eigenvalue weighted by Gasteiger charge is 2.62. The molecule has 0 spiro atoms. The normalized spacial score (nSPS) is 18.8. The molecule has 4 atom stereocenters. The predicted octanol–water partition coefficient (Wildman–Crippen LogP) is 3.80. The molecule has 3 unspecified atom stereocenters. The average Bonchev–Trinajstić information content (AvgIpc) is 3.68. The van der Waals surface area contributed by atoms with Gasteiger partial charge in [0.05, 0.1) is 16.9 Å². The SMILES string of the molecule is CC1C(OP(=O)(Oc2ccccc2)Oc2ccccc2)=C(C(=O)OCc2ccc([N+](=O)[O-])cc2)N2C(=O)C([C@@H](C)NC(=O)Cn3cnnn3)C12. The number of ether oxygens (including phenoxy) is 1. The van der Waals surface area contributed by atoms with Gasteiger partial charge in [0.1, 0.15) is 36.7 Å². The second-order valence-corrected chi connectivity index (χ2v) is 12.9. The van der Waals surface area contributed by atoms with Gasteiger partial charge < -0.3 is 23.6 Å². The van der Waals surface area contributed by atoms with Crippen LogP contribution in [0.1, 0.15) is 19.4 Å². The summed E-state index contributed by atoms with van der Waals surface area (Å²) in [6.07, 6.45) is 1.27. The molecule has 258 valence electrons. The van der Waals surface area contributed by atoms with E-state index < -0.39 is 54.4 Å². The maximum Gasteiger partial charge on any atom is 0.646 e. The van der Waals surface area contributed by atoms with Crippen LogP contribution >= 0.6 is 7.82 Å². The van der Waals surface area contributed by atoms with Gasteiger partial charge in [-0.05, 0) is 59.3 Å². The summed E-state index contributed by atoms with van der Waals surface area (Å²) in [5, 5.41) is 24.5. The van der Waals surface area contributed by atoms with E-state index in [1.807, 2.05) is 0 Å². The number of non-ortho nitro benzene ring substituents is 1. The van der Waals surface area contributed by atoms with E-state index >= 15 is 0 Å². The number of rotatable bonds is 14. The molecule has 6 rings (SSSR count). The topological polar surface area (TPSA) is 207 Å². The first-order chi connectivity index (χ1) is 24.0. The van der Waals surface area contributed by atoms with Gasteiger partial charge in [-0.25, -0.2) is 9.48 Å². The van der Waals surface area contributed by atoms with Crippen molar-refractivity contribution in [1.82, 2.24) is 30.4 Å². The number of carbonyl (C=O) groups is 3. The number of nitrogens with one attached hydrogen (secondary N) is 1. The third-order valence-corrected chi connectivity index (χ3v) is 9.34. The Bertz CT molecular complexity index is 1910.